The third kappa shape index (κ3) is 2.23. The van der Waals surface area contributed by atoms with Gasteiger partial charge in [-0.15, -0.1) is 0 Å². The Morgan fingerprint density at radius 3 is 2.65 bits per heavy atom. The summed E-state index contributed by atoms with van der Waals surface area (Å²) >= 11 is 8.91. The highest BCUT2D eigenvalue weighted by molar-refractivity contribution is 9.10. The number of aromatic nitrogens is 4. The molecule has 0 saturated heterocycles. The second kappa shape index (κ2) is 5.18. The number of fused-ring (bicyclic) bond motifs is 1. The van der Waals surface area contributed by atoms with Crippen LogP contribution in [-0.2, 0) is 20.0 Å². The molecule has 0 aliphatic heterocycles. The van der Waals surface area contributed by atoms with E-state index < -0.39 is 0 Å². The molecule has 1 aromatic carbocycles. The Labute approximate surface area is 130 Å². The highest BCUT2D eigenvalue weighted by atomic mass is 79.9. The molecule has 0 amide bonds. The van der Waals surface area contributed by atoms with Crippen LogP contribution in [0.5, 0.6) is 0 Å². The minimum atomic E-state index is 0.741. The van der Waals surface area contributed by atoms with Crippen LogP contribution >= 0.6 is 28.1 Å². The molecule has 3 aromatic rings. The van der Waals surface area contributed by atoms with Gasteiger partial charge in [0.25, 0.3) is 0 Å². The molecule has 0 unspecified atom stereocenters. The zero-order valence-corrected chi connectivity index (χ0v) is 13.8. The zero-order valence-electron chi connectivity index (χ0n) is 11.4. The van der Waals surface area contributed by atoms with Crippen molar-refractivity contribution in [3.63, 3.8) is 0 Å². The number of aromatic amines is 1. The summed E-state index contributed by atoms with van der Waals surface area (Å²) in [7, 11) is 1.96. The summed E-state index contributed by atoms with van der Waals surface area (Å²) in [6.07, 6.45) is 0.894. The van der Waals surface area contributed by atoms with E-state index >= 15 is 0 Å². The number of hydrogen-bond acceptors (Lipinski definition) is 2. The Morgan fingerprint density at radius 1 is 1.30 bits per heavy atom. The van der Waals surface area contributed by atoms with Crippen LogP contribution in [0.15, 0.2) is 28.7 Å². The van der Waals surface area contributed by atoms with Crippen molar-refractivity contribution in [1.29, 1.82) is 0 Å². The predicted octanol–water partition coefficient (Wildman–Crippen LogP) is 3.81. The first-order valence-corrected chi connectivity index (χ1v) is 7.69. The van der Waals surface area contributed by atoms with Crippen molar-refractivity contribution in [3.05, 3.63) is 44.8 Å². The topological polar surface area (TPSA) is 38.5 Å². The van der Waals surface area contributed by atoms with Crippen molar-refractivity contribution in [3.8, 4) is 0 Å². The number of benzene rings is 1. The third-order valence-corrected chi connectivity index (χ3v) is 4.26. The Kier molecular flexibility index (Phi) is 3.52. The first-order valence-electron chi connectivity index (χ1n) is 6.49. The van der Waals surface area contributed by atoms with Crippen molar-refractivity contribution in [2.75, 3.05) is 0 Å². The average Bonchev–Trinajstić information content (AvgIpc) is 2.91. The van der Waals surface area contributed by atoms with E-state index in [1.165, 1.54) is 5.56 Å². The largest absolute Gasteiger partial charge is 0.328 e. The Hall–Kier alpha value is -1.40. The van der Waals surface area contributed by atoms with Gasteiger partial charge in [0.1, 0.15) is 5.52 Å². The maximum atomic E-state index is 5.46. The molecule has 0 radical (unpaired) electrons. The van der Waals surface area contributed by atoms with Gasteiger partial charge in [0.2, 0.25) is 0 Å². The number of nitrogens with zero attached hydrogens (tertiary/aromatic N) is 3. The van der Waals surface area contributed by atoms with Crippen molar-refractivity contribution < 1.29 is 0 Å². The number of rotatable bonds is 3. The maximum absolute atomic E-state index is 5.46. The lowest BCUT2D eigenvalue weighted by Gasteiger charge is -2.05. The molecule has 2 aromatic heterocycles. The highest BCUT2D eigenvalue weighted by Crippen LogP contribution is 2.20. The summed E-state index contributed by atoms with van der Waals surface area (Å²) in [5.74, 6) is 0. The zero-order chi connectivity index (χ0) is 14.3. The molecule has 0 fully saturated rings. The summed E-state index contributed by atoms with van der Waals surface area (Å²) in [6.45, 7) is 2.85. The molecule has 0 atom stereocenters. The Morgan fingerprint density at radius 2 is 2.00 bits per heavy atom. The van der Waals surface area contributed by atoms with Crippen LogP contribution in [0.3, 0.4) is 0 Å². The Bertz CT molecular complexity index is 810. The fourth-order valence-electron chi connectivity index (χ4n) is 2.44. The predicted molar refractivity (Wildman–Crippen MR) is 86.5 cm³/mol. The fourth-order valence-corrected chi connectivity index (χ4v) is 2.96. The van der Waals surface area contributed by atoms with Gasteiger partial charge in [0.15, 0.2) is 10.4 Å². The van der Waals surface area contributed by atoms with Crippen LogP contribution in [0.2, 0.25) is 0 Å². The standard InChI is InChI=1S/C14H15BrN4S/c1-3-11-12-13(18(2)17-11)19(14(20)16-12)8-9-4-6-10(15)7-5-9/h4-7H,3,8H2,1-2H3,(H,16,20). The van der Waals surface area contributed by atoms with Crippen LogP contribution in [-0.4, -0.2) is 19.3 Å². The van der Waals surface area contributed by atoms with Crippen molar-refractivity contribution in [2.24, 2.45) is 7.05 Å². The SMILES string of the molecule is CCc1nn(C)c2c1[nH]c(=S)n2Cc1ccc(Br)cc1. The molecule has 1 N–H and O–H groups in total. The quantitative estimate of drug-likeness (QED) is 0.729. The third-order valence-electron chi connectivity index (χ3n) is 3.41. The van der Waals surface area contributed by atoms with Crippen LogP contribution in [0, 0.1) is 4.77 Å². The molecule has 3 rings (SSSR count). The van der Waals surface area contributed by atoms with Crippen molar-refractivity contribution in [1.82, 2.24) is 19.3 Å². The molecule has 20 heavy (non-hydrogen) atoms. The van der Waals surface area contributed by atoms with E-state index in [4.69, 9.17) is 12.2 Å². The van der Waals surface area contributed by atoms with Gasteiger partial charge in [-0.25, -0.2) is 0 Å². The molecule has 0 spiro atoms. The molecular formula is C14H15BrN4S. The first-order chi connectivity index (χ1) is 9.60. The first kappa shape index (κ1) is 13.6. The van der Waals surface area contributed by atoms with Gasteiger partial charge in [-0.1, -0.05) is 35.0 Å². The fraction of sp³-hybridized carbons (Fsp3) is 0.286. The Balaban J connectivity index is 2.11. The number of nitrogens with one attached hydrogen (secondary N) is 1. The van der Waals surface area contributed by atoms with E-state index in [1.807, 2.05) is 23.9 Å². The van der Waals surface area contributed by atoms with E-state index in [9.17, 15) is 0 Å². The normalized spacial score (nSPS) is 11.3. The van der Waals surface area contributed by atoms with Gasteiger partial charge in [0.05, 0.1) is 12.2 Å². The van der Waals surface area contributed by atoms with E-state index in [0.717, 1.165) is 39.1 Å². The van der Waals surface area contributed by atoms with E-state index in [0.29, 0.717) is 0 Å². The van der Waals surface area contributed by atoms with E-state index in [-0.39, 0.29) is 0 Å². The molecule has 6 heteroatoms. The molecule has 2 heterocycles. The van der Waals surface area contributed by atoms with E-state index in [2.05, 4.69) is 49.6 Å². The molecule has 0 saturated carbocycles. The summed E-state index contributed by atoms with van der Waals surface area (Å²) in [6, 6.07) is 8.29. The van der Waals surface area contributed by atoms with Gasteiger partial charge in [-0.3, -0.25) is 9.25 Å². The van der Waals surface area contributed by atoms with Crippen LogP contribution in [0.4, 0.5) is 0 Å². The minimum Gasteiger partial charge on any atom is -0.328 e. The molecule has 0 aliphatic rings. The average molecular weight is 351 g/mol. The molecule has 104 valence electrons. The summed E-state index contributed by atoms with van der Waals surface area (Å²) in [4.78, 5) is 3.28. The van der Waals surface area contributed by atoms with Gasteiger partial charge < -0.3 is 4.98 Å². The van der Waals surface area contributed by atoms with E-state index in [1.54, 1.807) is 0 Å². The second-order valence-corrected chi connectivity index (χ2v) is 6.07. The molecule has 0 aliphatic carbocycles. The van der Waals surface area contributed by atoms with Gasteiger partial charge in [0, 0.05) is 11.5 Å². The number of H-pyrrole nitrogens is 1. The minimum absolute atomic E-state index is 0.741. The molecule has 4 nitrogen and oxygen atoms in total. The summed E-state index contributed by atoms with van der Waals surface area (Å²) in [5, 5.41) is 4.54. The second-order valence-electron chi connectivity index (χ2n) is 4.77. The lowest BCUT2D eigenvalue weighted by molar-refractivity contribution is 0.709. The number of halogens is 1. The maximum Gasteiger partial charge on any atom is 0.179 e. The van der Waals surface area contributed by atoms with Gasteiger partial charge in [-0.05, 0) is 36.3 Å². The van der Waals surface area contributed by atoms with Crippen LogP contribution in [0.1, 0.15) is 18.2 Å². The number of hydrogen-bond donors (Lipinski definition) is 1. The summed E-state index contributed by atoms with van der Waals surface area (Å²) < 4.78 is 5.82. The van der Waals surface area contributed by atoms with Crippen molar-refractivity contribution in [2.45, 2.75) is 19.9 Å². The smallest absolute Gasteiger partial charge is 0.179 e. The van der Waals surface area contributed by atoms with Gasteiger partial charge in [-0.2, -0.15) is 5.10 Å². The van der Waals surface area contributed by atoms with Gasteiger partial charge >= 0.3 is 0 Å². The number of aryl methyl sites for hydroxylation is 2. The summed E-state index contributed by atoms with van der Waals surface area (Å²) in [5.41, 5.74) is 4.37. The van der Waals surface area contributed by atoms with Crippen LogP contribution < -0.4 is 0 Å². The van der Waals surface area contributed by atoms with Crippen LogP contribution in [0.25, 0.3) is 11.2 Å². The monoisotopic (exact) mass is 350 g/mol. The lowest BCUT2D eigenvalue weighted by Crippen LogP contribution is -2.04. The lowest BCUT2D eigenvalue weighted by atomic mass is 10.2. The number of imidazole rings is 1. The molecular weight excluding hydrogens is 336 g/mol. The van der Waals surface area contributed by atoms with Crippen molar-refractivity contribution >= 4 is 39.3 Å². The molecule has 0 bridgehead atoms. The highest BCUT2D eigenvalue weighted by Gasteiger charge is 2.14.